The van der Waals surface area contributed by atoms with Gasteiger partial charge in [-0.25, -0.2) is 4.39 Å². The fraction of sp³-hybridized carbons (Fsp3) is 0.455. The van der Waals surface area contributed by atoms with Crippen LogP contribution in [0.2, 0.25) is 0 Å². The first kappa shape index (κ1) is 11.0. The van der Waals surface area contributed by atoms with Gasteiger partial charge in [0.15, 0.2) is 0 Å². The molecule has 1 aromatic carbocycles. The van der Waals surface area contributed by atoms with Gasteiger partial charge in [0.2, 0.25) is 0 Å². The molecule has 0 aliphatic carbocycles. The first-order chi connectivity index (χ1) is 7.12. The molecule has 1 saturated heterocycles. The highest BCUT2D eigenvalue weighted by Gasteiger charge is 2.33. The molecular weight excluding hydrogens is 263 g/mol. The van der Waals surface area contributed by atoms with Gasteiger partial charge >= 0.3 is 0 Å². The Labute approximate surface area is 96.2 Å². The smallest absolute Gasteiger partial charge is 0.124 e. The lowest BCUT2D eigenvalue weighted by molar-refractivity contribution is -0.0683. The van der Waals surface area contributed by atoms with Gasteiger partial charge in [-0.1, -0.05) is 22.0 Å². The molecule has 0 aromatic heterocycles. The van der Waals surface area contributed by atoms with Crippen LogP contribution in [0.3, 0.4) is 0 Å². The molecule has 1 N–H and O–H groups in total. The van der Waals surface area contributed by atoms with E-state index in [0.29, 0.717) is 30.5 Å². The van der Waals surface area contributed by atoms with Gasteiger partial charge in [0.1, 0.15) is 5.82 Å². The second kappa shape index (κ2) is 4.20. The van der Waals surface area contributed by atoms with Gasteiger partial charge in [0, 0.05) is 30.5 Å². The predicted molar refractivity (Wildman–Crippen MR) is 58.0 cm³/mol. The van der Waals surface area contributed by atoms with E-state index < -0.39 is 5.60 Å². The average molecular weight is 275 g/mol. The number of hydrogen-bond acceptors (Lipinski definition) is 2. The third-order valence-electron chi connectivity index (χ3n) is 2.75. The monoisotopic (exact) mass is 274 g/mol. The van der Waals surface area contributed by atoms with Crippen LogP contribution in [-0.2, 0) is 10.3 Å². The summed E-state index contributed by atoms with van der Waals surface area (Å²) in [6.07, 6.45) is 1.11. The second-order valence-corrected chi connectivity index (χ2v) is 4.62. The van der Waals surface area contributed by atoms with E-state index in [1.54, 1.807) is 6.07 Å². The highest BCUT2D eigenvalue weighted by molar-refractivity contribution is 9.10. The van der Waals surface area contributed by atoms with Crippen molar-refractivity contribution in [3.8, 4) is 0 Å². The lowest BCUT2D eigenvalue weighted by atomic mass is 9.86. The molecule has 1 heterocycles. The largest absolute Gasteiger partial charge is 0.385 e. The Morgan fingerprint density at radius 1 is 1.33 bits per heavy atom. The Morgan fingerprint density at radius 3 is 2.60 bits per heavy atom. The first-order valence-corrected chi connectivity index (χ1v) is 5.67. The minimum atomic E-state index is -0.884. The maximum Gasteiger partial charge on any atom is 0.124 e. The fourth-order valence-electron chi connectivity index (χ4n) is 1.85. The SMILES string of the molecule is OC1(c2ccc(F)cc2Br)CCOCC1. The van der Waals surface area contributed by atoms with E-state index in [1.807, 2.05) is 0 Å². The quantitative estimate of drug-likeness (QED) is 0.853. The predicted octanol–water partition coefficient (Wildman–Crippen LogP) is 2.59. The van der Waals surface area contributed by atoms with Crippen LogP contribution in [0.4, 0.5) is 4.39 Å². The Bertz CT molecular complexity index is 362. The molecule has 0 spiro atoms. The van der Waals surface area contributed by atoms with Crippen molar-refractivity contribution >= 4 is 15.9 Å². The molecule has 1 aromatic rings. The Morgan fingerprint density at radius 2 is 2.00 bits per heavy atom. The van der Waals surface area contributed by atoms with Gasteiger partial charge < -0.3 is 9.84 Å². The van der Waals surface area contributed by atoms with Crippen molar-refractivity contribution in [1.29, 1.82) is 0 Å². The Balaban J connectivity index is 2.35. The molecule has 15 heavy (non-hydrogen) atoms. The molecule has 0 amide bonds. The van der Waals surface area contributed by atoms with E-state index in [4.69, 9.17) is 4.74 Å². The lowest BCUT2D eigenvalue weighted by Gasteiger charge is -2.33. The zero-order valence-electron chi connectivity index (χ0n) is 8.17. The van der Waals surface area contributed by atoms with Gasteiger partial charge in [-0.15, -0.1) is 0 Å². The molecule has 1 fully saturated rings. The summed E-state index contributed by atoms with van der Waals surface area (Å²) < 4.78 is 18.7. The van der Waals surface area contributed by atoms with Crippen LogP contribution in [0, 0.1) is 5.82 Å². The van der Waals surface area contributed by atoms with E-state index in [9.17, 15) is 9.50 Å². The van der Waals surface area contributed by atoms with Gasteiger partial charge in [-0.2, -0.15) is 0 Å². The van der Waals surface area contributed by atoms with E-state index >= 15 is 0 Å². The zero-order valence-corrected chi connectivity index (χ0v) is 9.76. The van der Waals surface area contributed by atoms with Crippen LogP contribution in [-0.4, -0.2) is 18.3 Å². The molecule has 0 radical (unpaired) electrons. The third kappa shape index (κ3) is 2.22. The summed E-state index contributed by atoms with van der Waals surface area (Å²) in [6, 6.07) is 4.38. The van der Waals surface area contributed by atoms with Crippen LogP contribution in [0.15, 0.2) is 22.7 Å². The molecule has 1 aliphatic rings. The van der Waals surface area contributed by atoms with Crippen molar-refractivity contribution in [2.24, 2.45) is 0 Å². The summed E-state index contributed by atoms with van der Waals surface area (Å²) in [5.74, 6) is -0.304. The number of rotatable bonds is 1. The summed E-state index contributed by atoms with van der Waals surface area (Å²) in [7, 11) is 0. The summed E-state index contributed by atoms with van der Waals surface area (Å²) in [6.45, 7) is 1.08. The van der Waals surface area contributed by atoms with E-state index in [1.165, 1.54) is 12.1 Å². The number of halogens is 2. The van der Waals surface area contributed by atoms with Crippen molar-refractivity contribution in [2.75, 3.05) is 13.2 Å². The van der Waals surface area contributed by atoms with Crippen molar-refractivity contribution in [2.45, 2.75) is 18.4 Å². The lowest BCUT2D eigenvalue weighted by Crippen LogP contribution is -2.33. The fourth-order valence-corrected chi connectivity index (χ4v) is 2.57. The van der Waals surface area contributed by atoms with Crippen LogP contribution in [0.25, 0.3) is 0 Å². The zero-order chi connectivity index (χ0) is 10.9. The standard InChI is InChI=1S/C11H12BrFO2/c12-10-7-8(13)1-2-9(10)11(14)3-5-15-6-4-11/h1-2,7,14H,3-6H2. The van der Waals surface area contributed by atoms with Crippen molar-refractivity contribution in [1.82, 2.24) is 0 Å². The molecule has 0 bridgehead atoms. The number of ether oxygens (including phenoxy) is 1. The highest BCUT2D eigenvalue weighted by Crippen LogP contribution is 2.36. The molecule has 2 rings (SSSR count). The van der Waals surface area contributed by atoms with Gasteiger partial charge in [-0.05, 0) is 17.7 Å². The van der Waals surface area contributed by atoms with Crippen molar-refractivity contribution in [3.63, 3.8) is 0 Å². The van der Waals surface area contributed by atoms with Crippen molar-refractivity contribution < 1.29 is 14.2 Å². The summed E-state index contributed by atoms with van der Waals surface area (Å²) >= 11 is 3.28. The van der Waals surface area contributed by atoms with Gasteiger partial charge in [0.25, 0.3) is 0 Å². The number of aliphatic hydroxyl groups is 1. The second-order valence-electron chi connectivity index (χ2n) is 3.77. The van der Waals surface area contributed by atoms with Crippen LogP contribution >= 0.6 is 15.9 Å². The maximum absolute atomic E-state index is 12.9. The third-order valence-corrected chi connectivity index (χ3v) is 3.41. The van der Waals surface area contributed by atoms with E-state index in [0.717, 1.165) is 5.56 Å². The van der Waals surface area contributed by atoms with Crippen LogP contribution < -0.4 is 0 Å². The summed E-state index contributed by atoms with van der Waals surface area (Å²) in [4.78, 5) is 0. The number of hydrogen-bond donors (Lipinski definition) is 1. The maximum atomic E-state index is 12.9. The Hall–Kier alpha value is -0.450. The Kier molecular flexibility index (Phi) is 3.09. The molecule has 0 unspecified atom stereocenters. The molecule has 0 saturated carbocycles. The first-order valence-electron chi connectivity index (χ1n) is 4.87. The van der Waals surface area contributed by atoms with Gasteiger partial charge in [0.05, 0.1) is 5.60 Å². The minimum Gasteiger partial charge on any atom is -0.385 e. The molecule has 82 valence electrons. The van der Waals surface area contributed by atoms with E-state index in [2.05, 4.69) is 15.9 Å². The van der Waals surface area contributed by atoms with E-state index in [-0.39, 0.29) is 5.82 Å². The van der Waals surface area contributed by atoms with Crippen LogP contribution in [0.5, 0.6) is 0 Å². The highest BCUT2D eigenvalue weighted by atomic mass is 79.9. The summed E-state index contributed by atoms with van der Waals surface area (Å²) in [5.41, 5.74) is -0.141. The average Bonchev–Trinajstić information content (AvgIpc) is 2.18. The molecule has 4 heteroatoms. The van der Waals surface area contributed by atoms with Crippen LogP contribution in [0.1, 0.15) is 18.4 Å². The molecule has 1 aliphatic heterocycles. The van der Waals surface area contributed by atoms with Gasteiger partial charge in [-0.3, -0.25) is 0 Å². The molecular formula is C11H12BrFO2. The topological polar surface area (TPSA) is 29.5 Å². The normalized spacial score (nSPS) is 20.2. The number of benzene rings is 1. The minimum absolute atomic E-state index is 0.304. The summed E-state index contributed by atoms with van der Waals surface area (Å²) in [5, 5.41) is 10.4. The molecule has 2 nitrogen and oxygen atoms in total. The molecule has 0 atom stereocenters. The van der Waals surface area contributed by atoms with Crippen molar-refractivity contribution in [3.05, 3.63) is 34.1 Å².